The van der Waals surface area contributed by atoms with Crippen LogP contribution in [0.1, 0.15) is 11.1 Å². The number of ether oxygens (including phenoxy) is 4. The van der Waals surface area contributed by atoms with E-state index in [2.05, 4.69) is 76.3 Å². The van der Waals surface area contributed by atoms with Crippen molar-refractivity contribution in [3.63, 3.8) is 0 Å². The van der Waals surface area contributed by atoms with Gasteiger partial charge in [0.2, 0.25) is 0 Å². The summed E-state index contributed by atoms with van der Waals surface area (Å²) in [6, 6.07) is 34.0. The van der Waals surface area contributed by atoms with Crippen LogP contribution in [0.5, 0.6) is 0 Å². The van der Waals surface area contributed by atoms with E-state index in [-0.39, 0.29) is 11.6 Å². The number of nitrogen functional groups attached to an aromatic ring is 1. The SMILES string of the molecule is Cc1c(-c2ccccn2)nc2cccc(F)c2c1Cl.Cc1c(-c2ccccn2)nc2cccc(F)c2c1Nc1cc(N2CCOCC2)ccc1N1CCOCC1.Nc1cc(N2CCOCC2)ccc1N1CCOCC1. The minimum atomic E-state index is -0.356. The topological polar surface area (TPSA) is 139 Å². The molecule has 8 heterocycles. The van der Waals surface area contributed by atoms with Gasteiger partial charge in [0.25, 0.3) is 0 Å². The predicted molar refractivity (Wildman–Crippen MR) is 297 cm³/mol. The minimum absolute atomic E-state index is 0.305. The lowest BCUT2D eigenvalue weighted by atomic mass is 10.0. The first-order valence-corrected chi connectivity index (χ1v) is 25.9. The fraction of sp³-hybridized carbons (Fsp3) is 0.310. The van der Waals surface area contributed by atoms with Crippen molar-refractivity contribution in [3.8, 4) is 22.8 Å². The molecular weight excluding hydrogens is 974 g/mol. The fourth-order valence-electron chi connectivity index (χ4n) is 9.85. The Hall–Kier alpha value is -7.21. The number of pyridine rings is 4. The van der Waals surface area contributed by atoms with Crippen molar-refractivity contribution in [3.05, 3.63) is 149 Å². The summed E-state index contributed by atoms with van der Waals surface area (Å²) in [6.45, 7) is 16.7. The van der Waals surface area contributed by atoms with Crippen molar-refractivity contribution in [2.45, 2.75) is 13.8 Å². The predicted octanol–water partition coefficient (Wildman–Crippen LogP) is 10.5. The normalized spacial score (nSPS) is 16.0. The summed E-state index contributed by atoms with van der Waals surface area (Å²) in [7, 11) is 0. The van der Waals surface area contributed by atoms with E-state index in [4.69, 9.17) is 41.3 Å². The van der Waals surface area contributed by atoms with Gasteiger partial charge in [0.05, 0.1) is 131 Å². The average Bonchev–Trinajstić information content (AvgIpc) is 3.47. The molecule has 3 N–H and O–H groups in total. The van der Waals surface area contributed by atoms with E-state index in [1.165, 1.54) is 17.8 Å². The molecule has 17 heteroatoms. The average molecular weight is 1040 g/mol. The molecule has 75 heavy (non-hydrogen) atoms. The first-order chi connectivity index (χ1) is 36.7. The van der Waals surface area contributed by atoms with E-state index < -0.39 is 0 Å². The van der Waals surface area contributed by atoms with Gasteiger partial charge in [0, 0.05) is 81.7 Å². The van der Waals surface area contributed by atoms with Gasteiger partial charge in [-0.1, -0.05) is 35.9 Å². The van der Waals surface area contributed by atoms with Crippen LogP contribution in [-0.2, 0) is 18.9 Å². The Morgan fingerprint density at radius 1 is 0.507 bits per heavy atom. The molecule has 12 rings (SSSR count). The van der Waals surface area contributed by atoms with Gasteiger partial charge >= 0.3 is 0 Å². The molecule has 0 bridgehead atoms. The first kappa shape index (κ1) is 51.3. The summed E-state index contributed by atoms with van der Waals surface area (Å²) >= 11 is 6.28. The number of rotatable bonds is 8. The smallest absolute Gasteiger partial charge is 0.134 e. The Kier molecular flexibility index (Phi) is 16.4. The van der Waals surface area contributed by atoms with Crippen LogP contribution in [0.3, 0.4) is 0 Å². The third-order valence-corrected chi connectivity index (χ3v) is 14.3. The molecule has 4 fully saturated rings. The van der Waals surface area contributed by atoms with Crippen LogP contribution in [-0.4, -0.2) is 125 Å². The third-order valence-electron chi connectivity index (χ3n) is 13.9. The number of morpholine rings is 4. The van der Waals surface area contributed by atoms with Crippen LogP contribution in [0.4, 0.5) is 48.6 Å². The number of hydrogen-bond acceptors (Lipinski definition) is 14. The first-order valence-electron chi connectivity index (χ1n) is 25.5. The second-order valence-electron chi connectivity index (χ2n) is 18.5. The second kappa shape index (κ2) is 24.0. The number of halogens is 3. The molecule has 4 aromatic heterocycles. The van der Waals surface area contributed by atoms with E-state index in [0.29, 0.717) is 64.6 Å². The highest BCUT2D eigenvalue weighted by molar-refractivity contribution is 6.36. The van der Waals surface area contributed by atoms with Crippen molar-refractivity contribution in [2.75, 3.05) is 136 Å². The Bertz CT molecular complexity index is 3230. The van der Waals surface area contributed by atoms with Crippen LogP contribution >= 0.6 is 11.6 Å². The zero-order valence-electron chi connectivity index (χ0n) is 42.3. The number of nitrogens with one attached hydrogen (secondary N) is 1. The molecule has 4 aliphatic rings. The molecule has 0 amide bonds. The largest absolute Gasteiger partial charge is 0.397 e. The van der Waals surface area contributed by atoms with E-state index in [9.17, 15) is 4.39 Å². The molecule has 0 radical (unpaired) electrons. The van der Waals surface area contributed by atoms with Crippen LogP contribution < -0.4 is 30.7 Å². The van der Waals surface area contributed by atoms with Gasteiger partial charge in [-0.3, -0.25) is 9.97 Å². The summed E-state index contributed by atoms with van der Waals surface area (Å²) in [5.41, 5.74) is 18.8. The van der Waals surface area contributed by atoms with Gasteiger partial charge in [-0.25, -0.2) is 18.7 Å². The van der Waals surface area contributed by atoms with Crippen molar-refractivity contribution in [1.29, 1.82) is 0 Å². The molecule has 0 saturated carbocycles. The highest BCUT2D eigenvalue weighted by atomic mass is 35.5. The zero-order valence-corrected chi connectivity index (χ0v) is 43.0. The summed E-state index contributed by atoms with van der Waals surface area (Å²) in [4.78, 5) is 27.4. The molecule has 14 nitrogen and oxygen atoms in total. The number of anilines is 7. The van der Waals surface area contributed by atoms with Gasteiger partial charge in [-0.2, -0.15) is 0 Å². The molecule has 8 aromatic rings. The number of nitrogens with two attached hydrogens (primary N) is 1. The zero-order chi connectivity index (χ0) is 51.7. The van der Waals surface area contributed by atoms with Gasteiger partial charge in [-0.15, -0.1) is 0 Å². The standard InChI is InChI=1S/C29H30FN5O2.C15H10ClFN2.C14H21N3O2/c1-20-28(24-6-2-3-10-31-24)32-23-7-4-5-22(30)27(23)29(20)33-25-19-21(34-11-15-36-16-12-34)8-9-26(25)35-13-17-37-18-14-35;1-9-14(16)13-10(17)5-4-7-11(13)19-15(9)12-6-2-3-8-18-12;15-13-11-12(16-3-7-18-8-4-16)1-2-14(13)17-5-9-19-10-6-17/h2-10,19H,11-18H2,1H3,(H,32,33);2-8H,1H3;1-2,11H,3-10,15H2. The number of fused-ring (bicyclic) bond motifs is 2. The summed E-state index contributed by atoms with van der Waals surface area (Å²) in [6.07, 6.45) is 3.45. The van der Waals surface area contributed by atoms with Crippen LogP contribution in [0.15, 0.2) is 122 Å². The lowest BCUT2D eigenvalue weighted by molar-refractivity contribution is 0.122. The number of hydrogen-bond donors (Lipinski definition) is 2. The molecular formula is C58H61ClF2N10O4. The van der Waals surface area contributed by atoms with Crippen LogP contribution in [0.2, 0.25) is 5.02 Å². The molecule has 0 atom stereocenters. The molecule has 0 unspecified atom stereocenters. The quantitative estimate of drug-likeness (QED) is 0.140. The molecule has 4 aliphatic heterocycles. The number of aromatic nitrogens is 4. The van der Waals surface area contributed by atoms with E-state index in [1.54, 1.807) is 30.6 Å². The Morgan fingerprint density at radius 3 is 1.47 bits per heavy atom. The maximum absolute atomic E-state index is 15.3. The van der Waals surface area contributed by atoms with E-state index >= 15 is 4.39 Å². The maximum atomic E-state index is 15.3. The monoisotopic (exact) mass is 1030 g/mol. The molecule has 0 aliphatic carbocycles. The van der Waals surface area contributed by atoms with Crippen molar-refractivity contribution in [2.24, 2.45) is 0 Å². The third kappa shape index (κ3) is 11.7. The van der Waals surface area contributed by atoms with E-state index in [1.807, 2.05) is 56.3 Å². The highest BCUT2D eigenvalue weighted by Gasteiger charge is 2.23. The molecule has 4 saturated heterocycles. The Balaban J connectivity index is 0.000000142. The Morgan fingerprint density at radius 2 is 0.960 bits per heavy atom. The van der Waals surface area contributed by atoms with Crippen LogP contribution in [0, 0.1) is 25.5 Å². The van der Waals surface area contributed by atoms with Gasteiger partial charge < -0.3 is 49.6 Å². The fourth-order valence-corrected chi connectivity index (χ4v) is 10.1. The summed E-state index contributed by atoms with van der Waals surface area (Å²) < 4.78 is 51.1. The lowest BCUT2D eigenvalue weighted by Gasteiger charge is -2.33. The number of nitrogens with zero attached hydrogens (tertiary/aromatic N) is 8. The molecule has 388 valence electrons. The van der Waals surface area contributed by atoms with Crippen molar-refractivity contribution < 1.29 is 27.7 Å². The molecule has 4 aromatic carbocycles. The van der Waals surface area contributed by atoms with Gasteiger partial charge in [0.15, 0.2) is 0 Å². The van der Waals surface area contributed by atoms with Gasteiger partial charge in [-0.05, 0) is 104 Å². The highest BCUT2D eigenvalue weighted by Crippen LogP contribution is 2.41. The van der Waals surface area contributed by atoms with Crippen molar-refractivity contribution in [1.82, 2.24) is 19.9 Å². The maximum Gasteiger partial charge on any atom is 0.134 e. The minimum Gasteiger partial charge on any atom is -0.397 e. The van der Waals surface area contributed by atoms with E-state index in [0.717, 1.165) is 135 Å². The lowest BCUT2D eigenvalue weighted by Crippen LogP contribution is -2.37. The van der Waals surface area contributed by atoms with Crippen LogP contribution in [0.25, 0.3) is 44.6 Å². The summed E-state index contributed by atoms with van der Waals surface area (Å²) in [5, 5.41) is 4.89. The van der Waals surface area contributed by atoms with Crippen molar-refractivity contribution >= 4 is 73.2 Å². The van der Waals surface area contributed by atoms with Gasteiger partial charge in [0.1, 0.15) is 11.6 Å². The summed E-state index contributed by atoms with van der Waals surface area (Å²) in [5.74, 6) is -0.661. The Labute approximate surface area is 441 Å². The molecule has 0 spiro atoms. The second-order valence-corrected chi connectivity index (χ2v) is 18.9. The number of benzene rings is 4.